The van der Waals surface area contributed by atoms with Crippen LogP contribution in [-0.2, 0) is 57.8 Å². The Hall–Kier alpha value is -2.84. The topological polar surface area (TPSA) is 89.5 Å². The van der Waals surface area contributed by atoms with E-state index >= 15 is 0 Å². The summed E-state index contributed by atoms with van der Waals surface area (Å²) in [6, 6.07) is 27.5. The van der Waals surface area contributed by atoms with Crippen molar-refractivity contribution in [3.8, 4) is 0 Å². The van der Waals surface area contributed by atoms with Crippen LogP contribution in [0.2, 0.25) is 0 Å². The van der Waals surface area contributed by atoms with Gasteiger partial charge in [-0.3, -0.25) is 4.18 Å². The zero-order valence-corrected chi connectivity index (χ0v) is 26.5. The van der Waals surface area contributed by atoms with Crippen LogP contribution in [-0.4, -0.2) is 57.8 Å². The SMILES string of the molecule is CC1(C)C[C@@H]1CO[C@@H]1O[C@H](COCc2ccccc2)[C@@H](OCc2ccccc2)[C@H](OCc2ccccc2)[C@H]1OS(=O)(=O)C(F)(F)F. The highest BCUT2D eigenvalue weighted by Crippen LogP contribution is 2.52. The van der Waals surface area contributed by atoms with Crippen molar-refractivity contribution < 1.29 is 49.5 Å². The summed E-state index contributed by atoms with van der Waals surface area (Å²) in [5.41, 5.74) is -3.31. The molecule has 250 valence electrons. The third-order valence-electron chi connectivity index (χ3n) is 8.26. The number of rotatable bonds is 15. The Kier molecular flexibility index (Phi) is 11.2. The van der Waals surface area contributed by atoms with Gasteiger partial charge < -0.3 is 23.7 Å². The molecule has 8 nitrogen and oxygen atoms in total. The van der Waals surface area contributed by atoms with Gasteiger partial charge in [-0.15, -0.1) is 0 Å². The molecule has 1 aliphatic heterocycles. The fraction of sp³-hybridized carbons (Fsp3) is 0.471. The molecular weight excluding hydrogens is 625 g/mol. The molecule has 1 aliphatic carbocycles. The molecule has 6 atom stereocenters. The van der Waals surface area contributed by atoms with Crippen LogP contribution < -0.4 is 0 Å². The summed E-state index contributed by atoms with van der Waals surface area (Å²) in [6.07, 6.45) is -5.92. The molecule has 46 heavy (non-hydrogen) atoms. The van der Waals surface area contributed by atoms with Crippen LogP contribution in [0, 0.1) is 11.3 Å². The molecule has 2 aliphatic rings. The van der Waals surface area contributed by atoms with Gasteiger partial charge in [-0.25, -0.2) is 0 Å². The molecular formula is C34H39F3O8S. The first-order valence-electron chi connectivity index (χ1n) is 15.1. The van der Waals surface area contributed by atoms with Gasteiger partial charge in [-0.05, 0) is 34.4 Å². The minimum atomic E-state index is -6.08. The third-order valence-corrected chi connectivity index (χ3v) is 9.30. The summed E-state index contributed by atoms with van der Waals surface area (Å²) in [6.45, 7) is 4.37. The quantitative estimate of drug-likeness (QED) is 0.136. The fourth-order valence-corrected chi connectivity index (χ4v) is 5.92. The number of hydrogen-bond donors (Lipinski definition) is 0. The van der Waals surface area contributed by atoms with Gasteiger partial charge in [0.1, 0.15) is 18.3 Å². The van der Waals surface area contributed by atoms with Crippen LogP contribution in [0.15, 0.2) is 91.0 Å². The van der Waals surface area contributed by atoms with Crippen molar-refractivity contribution in [3.63, 3.8) is 0 Å². The van der Waals surface area contributed by atoms with Crippen molar-refractivity contribution in [3.05, 3.63) is 108 Å². The monoisotopic (exact) mass is 664 g/mol. The smallest absolute Gasteiger partial charge is 0.374 e. The normalized spacial score (nSPS) is 26.1. The van der Waals surface area contributed by atoms with E-state index in [0.29, 0.717) is 5.56 Å². The lowest BCUT2D eigenvalue weighted by Crippen LogP contribution is -2.62. The maximum absolute atomic E-state index is 13.7. The average molecular weight is 665 g/mol. The van der Waals surface area contributed by atoms with Crippen molar-refractivity contribution in [1.29, 1.82) is 0 Å². The third kappa shape index (κ3) is 9.15. The molecule has 0 radical (unpaired) electrons. The van der Waals surface area contributed by atoms with Crippen LogP contribution in [0.1, 0.15) is 37.0 Å². The Morgan fingerprint density at radius 1 is 0.717 bits per heavy atom. The molecule has 1 saturated carbocycles. The highest BCUT2D eigenvalue weighted by atomic mass is 32.2. The van der Waals surface area contributed by atoms with Crippen molar-refractivity contribution in [2.75, 3.05) is 13.2 Å². The molecule has 0 aromatic heterocycles. The summed E-state index contributed by atoms with van der Waals surface area (Å²) < 4.78 is 102. The molecule has 12 heteroatoms. The van der Waals surface area contributed by atoms with Crippen molar-refractivity contribution >= 4 is 10.1 Å². The number of benzene rings is 3. The van der Waals surface area contributed by atoms with E-state index in [-0.39, 0.29) is 44.4 Å². The van der Waals surface area contributed by atoms with Gasteiger partial charge in [0.25, 0.3) is 0 Å². The summed E-state index contributed by atoms with van der Waals surface area (Å²) in [5.74, 6) is 0.111. The zero-order valence-electron chi connectivity index (χ0n) is 25.7. The van der Waals surface area contributed by atoms with E-state index < -0.39 is 46.3 Å². The van der Waals surface area contributed by atoms with E-state index in [9.17, 15) is 21.6 Å². The molecule has 0 amide bonds. The Morgan fingerprint density at radius 3 is 1.67 bits per heavy atom. The number of hydrogen-bond acceptors (Lipinski definition) is 8. The second kappa shape index (κ2) is 14.9. The maximum Gasteiger partial charge on any atom is 0.523 e. The lowest BCUT2D eigenvalue weighted by molar-refractivity contribution is -0.315. The Balaban J connectivity index is 1.47. The van der Waals surface area contributed by atoms with Crippen LogP contribution >= 0.6 is 0 Å². The van der Waals surface area contributed by atoms with Crippen LogP contribution in [0.4, 0.5) is 13.2 Å². The van der Waals surface area contributed by atoms with Gasteiger partial charge >= 0.3 is 15.6 Å². The fourth-order valence-electron chi connectivity index (χ4n) is 5.31. The van der Waals surface area contributed by atoms with Gasteiger partial charge in [-0.2, -0.15) is 21.6 Å². The highest BCUT2D eigenvalue weighted by Gasteiger charge is 2.56. The highest BCUT2D eigenvalue weighted by molar-refractivity contribution is 7.87. The molecule has 3 aromatic carbocycles. The van der Waals surface area contributed by atoms with Gasteiger partial charge in [0.2, 0.25) is 0 Å². The minimum absolute atomic E-state index is 0.0220. The predicted molar refractivity (Wildman–Crippen MR) is 162 cm³/mol. The second-order valence-corrected chi connectivity index (χ2v) is 13.8. The molecule has 0 N–H and O–H groups in total. The van der Waals surface area contributed by atoms with Gasteiger partial charge in [0, 0.05) is 0 Å². The molecule has 0 unspecified atom stereocenters. The number of halogens is 3. The molecule has 3 aromatic rings. The van der Waals surface area contributed by atoms with E-state index in [0.717, 1.165) is 17.5 Å². The summed E-state index contributed by atoms with van der Waals surface area (Å²) in [4.78, 5) is 0. The first-order chi connectivity index (χ1) is 21.9. The lowest BCUT2D eigenvalue weighted by atomic mass is 9.98. The molecule has 0 bridgehead atoms. The van der Waals surface area contributed by atoms with Gasteiger partial charge in [0.05, 0.1) is 33.0 Å². The predicted octanol–water partition coefficient (Wildman–Crippen LogP) is 6.40. The van der Waals surface area contributed by atoms with E-state index in [1.54, 1.807) is 24.3 Å². The summed E-state index contributed by atoms with van der Waals surface area (Å²) in [7, 11) is -6.08. The lowest BCUT2D eigenvalue weighted by Gasteiger charge is -2.45. The van der Waals surface area contributed by atoms with E-state index in [2.05, 4.69) is 0 Å². The van der Waals surface area contributed by atoms with Gasteiger partial charge in [0.15, 0.2) is 12.4 Å². The Labute approximate surface area is 267 Å². The Bertz CT molecular complexity index is 1470. The maximum atomic E-state index is 13.7. The van der Waals surface area contributed by atoms with Crippen molar-refractivity contribution in [2.45, 2.75) is 76.3 Å². The average Bonchev–Trinajstić information content (AvgIpc) is 3.65. The summed E-state index contributed by atoms with van der Waals surface area (Å²) in [5, 5.41) is 0. The molecule has 5 rings (SSSR count). The molecule has 1 saturated heterocycles. The number of ether oxygens (including phenoxy) is 5. The molecule has 1 heterocycles. The van der Waals surface area contributed by atoms with Crippen LogP contribution in [0.25, 0.3) is 0 Å². The van der Waals surface area contributed by atoms with Crippen LogP contribution in [0.5, 0.6) is 0 Å². The second-order valence-electron chi connectivity index (χ2n) is 12.2. The molecule has 2 fully saturated rings. The standard InChI is InChI=1S/C34H39F3O8S/c1-33(2)18-27(33)22-43-32-31(45-46(38,39)34(35,36)37)30(42-21-26-16-10-5-11-17-26)29(41-20-25-14-8-4-9-15-25)28(44-32)23-40-19-24-12-6-3-7-13-24/h3-17,27-32H,18-23H2,1-2H3/t27-,28-,29-,30+,31-,32-/m1/s1. The molecule has 0 spiro atoms. The summed E-state index contributed by atoms with van der Waals surface area (Å²) >= 11 is 0. The van der Waals surface area contributed by atoms with E-state index in [4.69, 9.17) is 27.9 Å². The largest absolute Gasteiger partial charge is 0.523 e. The zero-order chi connectivity index (χ0) is 32.8. The minimum Gasteiger partial charge on any atom is -0.374 e. The first-order valence-corrected chi connectivity index (χ1v) is 16.5. The van der Waals surface area contributed by atoms with Crippen molar-refractivity contribution in [1.82, 2.24) is 0 Å². The first kappa shape index (κ1) is 34.5. The van der Waals surface area contributed by atoms with Crippen molar-refractivity contribution in [2.24, 2.45) is 11.3 Å². The van der Waals surface area contributed by atoms with E-state index in [1.165, 1.54) is 0 Å². The van der Waals surface area contributed by atoms with E-state index in [1.807, 2.05) is 80.6 Å². The Morgan fingerprint density at radius 2 is 1.20 bits per heavy atom. The van der Waals surface area contributed by atoms with Gasteiger partial charge in [-0.1, -0.05) is 105 Å². The number of alkyl halides is 3. The van der Waals surface area contributed by atoms with Crippen LogP contribution in [0.3, 0.4) is 0 Å².